The molecule has 2 unspecified atom stereocenters. The Kier molecular flexibility index (Phi) is 3.24. The first-order valence-corrected chi connectivity index (χ1v) is 6.81. The second-order valence-corrected chi connectivity index (χ2v) is 6.58. The van der Waals surface area contributed by atoms with Crippen molar-refractivity contribution in [2.24, 2.45) is 23.7 Å². The molecule has 0 aromatic heterocycles. The zero-order valence-corrected chi connectivity index (χ0v) is 11.0. The van der Waals surface area contributed by atoms with Crippen molar-refractivity contribution in [3.8, 4) is 0 Å². The van der Waals surface area contributed by atoms with Gasteiger partial charge in [0.1, 0.15) is 5.67 Å². The van der Waals surface area contributed by atoms with E-state index in [0.717, 1.165) is 6.42 Å². The minimum absolute atomic E-state index is 0.0421. The molecule has 0 bridgehead atoms. The summed E-state index contributed by atoms with van der Waals surface area (Å²) in [6.45, 7) is 5.71. The van der Waals surface area contributed by atoms with Crippen LogP contribution in [-0.4, -0.2) is 11.6 Å². The molecule has 2 fully saturated rings. The maximum Gasteiger partial charge on any atom is 0.251 e. The van der Waals surface area contributed by atoms with Crippen LogP contribution in [0.25, 0.3) is 0 Å². The van der Waals surface area contributed by atoms with Crippen LogP contribution in [0, 0.1) is 23.7 Å². The van der Waals surface area contributed by atoms with Gasteiger partial charge in [0, 0.05) is 12.3 Å². The lowest BCUT2D eigenvalue weighted by Crippen LogP contribution is -2.47. The van der Waals surface area contributed by atoms with Crippen LogP contribution in [0.3, 0.4) is 0 Å². The average molecular weight is 248 g/mol. The highest BCUT2D eigenvalue weighted by molar-refractivity contribution is 4.99. The molecule has 0 saturated heterocycles. The van der Waals surface area contributed by atoms with E-state index in [9.17, 15) is 13.2 Å². The van der Waals surface area contributed by atoms with Crippen molar-refractivity contribution in [1.82, 2.24) is 0 Å². The first-order valence-electron chi connectivity index (χ1n) is 6.81. The quantitative estimate of drug-likeness (QED) is 0.668. The van der Waals surface area contributed by atoms with Crippen molar-refractivity contribution in [3.63, 3.8) is 0 Å². The van der Waals surface area contributed by atoms with Crippen molar-refractivity contribution in [1.29, 1.82) is 0 Å². The van der Waals surface area contributed by atoms with Gasteiger partial charge in [-0.1, -0.05) is 20.8 Å². The molecule has 2 aliphatic rings. The van der Waals surface area contributed by atoms with E-state index in [1.165, 1.54) is 0 Å². The highest BCUT2D eigenvalue weighted by Crippen LogP contribution is 2.53. The minimum atomic E-state index is -2.45. The van der Waals surface area contributed by atoms with Crippen LogP contribution in [-0.2, 0) is 0 Å². The average Bonchev–Trinajstić information content (AvgIpc) is 2.13. The van der Waals surface area contributed by atoms with Gasteiger partial charge in [0.2, 0.25) is 0 Å². The SMILES string of the molecule is CC(CC1CC(F)(C(C)C)C1)C1CCC1(F)F. The van der Waals surface area contributed by atoms with E-state index in [1.807, 2.05) is 20.8 Å². The van der Waals surface area contributed by atoms with E-state index in [4.69, 9.17) is 0 Å². The predicted octanol–water partition coefficient (Wildman–Crippen LogP) is 4.83. The Hall–Kier alpha value is -0.210. The summed E-state index contributed by atoms with van der Waals surface area (Å²) in [7, 11) is 0. The molecule has 0 amide bonds. The normalized spacial score (nSPS) is 41.8. The molecule has 3 heteroatoms. The van der Waals surface area contributed by atoms with Crippen molar-refractivity contribution >= 4 is 0 Å². The van der Waals surface area contributed by atoms with Crippen LogP contribution in [0.5, 0.6) is 0 Å². The highest BCUT2D eigenvalue weighted by atomic mass is 19.3. The fourth-order valence-corrected chi connectivity index (χ4v) is 3.46. The van der Waals surface area contributed by atoms with Crippen molar-refractivity contribution in [2.45, 2.75) is 64.5 Å². The van der Waals surface area contributed by atoms with Gasteiger partial charge in [0.25, 0.3) is 5.92 Å². The number of halogens is 3. The lowest BCUT2D eigenvalue weighted by molar-refractivity contribution is -0.157. The lowest BCUT2D eigenvalue weighted by Gasteiger charge is -2.47. The molecule has 0 nitrogen and oxygen atoms in total. The smallest absolute Gasteiger partial charge is 0.244 e. The van der Waals surface area contributed by atoms with E-state index in [-0.39, 0.29) is 18.3 Å². The first kappa shape index (κ1) is 13.2. The summed E-state index contributed by atoms with van der Waals surface area (Å²) in [4.78, 5) is 0. The van der Waals surface area contributed by atoms with Crippen LogP contribution in [0.15, 0.2) is 0 Å². The third-order valence-electron chi connectivity index (χ3n) is 5.01. The molecule has 0 aromatic carbocycles. The standard InChI is InChI=1S/C14H23F3/c1-9(2)13(15)7-11(8-13)6-10(3)12-4-5-14(12,16)17/h9-12H,4-8H2,1-3H3. The van der Waals surface area contributed by atoms with E-state index in [0.29, 0.717) is 25.2 Å². The molecule has 0 radical (unpaired) electrons. The molecule has 0 heterocycles. The second kappa shape index (κ2) is 4.17. The van der Waals surface area contributed by atoms with Crippen LogP contribution in [0.4, 0.5) is 13.2 Å². The summed E-state index contributed by atoms with van der Waals surface area (Å²) < 4.78 is 40.5. The van der Waals surface area contributed by atoms with E-state index >= 15 is 0 Å². The Morgan fingerprint density at radius 2 is 1.71 bits per heavy atom. The third-order valence-corrected chi connectivity index (χ3v) is 5.01. The van der Waals surface area contributed by atoms with Gasteiger partial charge >= 0.3 is 0 Å². The third kappa shape index (κ3) is 2.34. The monoisotopic (exact) mass is 248 g/mol. The van der Waals surface area contributed by atoms with Crippen LogP contribution in [0.1, 0.15) is 52.9 Å². The molecule has 0 spiro atoms. The van der Waals surface area contributed by atoms with Crippen LogP contribution in [0.2, 0.25) is 0 Å². The maximum atomic E-state index is 14.0. The summed E-state index contributed by atoms with van der Waals surface area (Å²) in [6, 6.07) is 0. The summed E-state index contributed by atoms with van der Waals surface area (Å²) in [5.74, 6) is -2.47. The lowest BCUT2D eigenvalue weighted by atomic mass is 9.61. The molecule has 2 saturated carbocycles. The summed E-state index contributed by atoms with van der Waals surface area (Å²) >= 11 is 0. The Bertz CT molecular complexity index is 279. The highest BCUT2D eigenvalue weighted by Gasteiger charge is 2.53. The zero-order chi connectivity index (χ0) is 12.8. The number of alkyl halides is 3. The maximum absolute atomic E-state index is 14.0. The van der Waals surface area contributed by atoms with Crippen molar-refractivity contribution in [3.05, 3.63) is 0 Å². The number of rotatable bonds is 4. The molecular formula is C14H23F3. The van der Waals surface area contributed by atoms with Crippen LogP contribution >= 0.6 is 0 Å². The van der Waals surface area contributed by atoms with E-state index in [2.05, 4.69) is 0 Å². The second-order valence-electron chi connectivity index (χ2n) is 6.58. The Morgan fingerprint density at radius 1 is 1.12 bits per heavy atom. The predicted molar refractivity (Wildman–Crippen MR) is 62.9 cm³/mol. The van der Waals surface area contributed by atoms with E-state index < -0.39 is 17.5 Å². The largest absolute Gasteiger partial charge is 0.251 e. The van der Waals surface area contributed by atoms with Crippen molar-refractivity contribution < 1.29 is 13.2 Å². The Morgan fingerprint density at radius 3 is 2.06 bits per heavy atom. The fraction of sp³-hybridized carbons (Fsp3) is 1.00. The molecule has 0 aromatic rings. The van der Waals surface area contributed by atoms with Gasteiger partial charge in [-0.05, 0) is 43.4 Å². The molecule has 0 N–H and O–H groups in total. The fourth-order valence-electron chi connectivity index (χ4n) is 3.46. The van der Waals surface area contributed by atoms with E-state index in [1.54, 1.807) is 0 Å². The van der Waals surface area contributed by atoms with Gasteiger partial charge in [0.05, 0.1) is 0 Å². The Labute approximate surface area is 102 Å². The molecule has 2 aliphatic carbocycles. The summed E-state index contributed by atoms with van der Waals surface area (Å²) in [5, 5.41) is 0. The van der Waals surface area contributed by atoms with Crippen molar-refractivity contribution in [2.75, 3.05) is 0 Å². The van der Waals surface area contributed by atoms with Gasteiger partial charge in [-0.15, -0.1) is 0 Å². The first-order chi connectivity index (χ1) is 7.74. The van der Waals surface area contributed by atoms with Crippen LogP contribution < -0.4 is 0 Å². The van der Waals surface area contributed by atoms with Gasteiger partial charge in [-0.2, -0.15) is 0 Å². The van der Waals surface area contributed by atoms with Gasteiger partial charge in [-0.3, -0.25) is 0 Å². The molecule has 17 heavy (non-hydrogen) atoms. The minimum Gasteiger partial charge on any atom is -0.244 e. The summed E-state index contributed by atoms with van der Waals surface area (Å²) in [6.07, 6.45) is 2.62. The molecular weight excluding hydrogens is 225 g/mol. The molecule has 100 valence electrons. The summed E-state index contributed by atoms with van der Waals surface area (Å²) in [5.41, 5.74) is -1.02. The van der Waals surface area contributed by atoms with Gasteiger partial charge in [-0.25, -0.2) is 13.2 Å². The molecule has 0 aliphatic heterocycles. The van der Waals surface area contributed by atoms with Gasteiger partial charge in [0.15, 0.2) is 0 Å². The topological polar surface area (TPSA) is 0 Å². The molecule has 2 atom stereocenters. The Balaban J connectivity index is 1.77. The van der Waals surface area contributed by atoms with Gasteiger partial charge < -0.3 is 0 Å². The molecule has 2 rings (SSSR count). The number of hydrogen-bond acceptors (Lipinski definition) is 0. The number of hydrogen-bond donors (Lipinski definition) is 0. The zero-order valence-electron chi connectivity index (χ0n) is 11.0.